The Morgan fingerprint density at radius 2 is 1.26 bits per heavy atom. The minimum atomic E-state index is -1.47. The molecule has 1 aromatic carbocycles. The van der Waals surface area contributed by atoms with Crippen molar-refractivity contribution >= 4 is 92.8 Å². The van der Waals surface area contributed by atoms with E-state index in [-0.39, 0.29) is 82.9 Å². The van der Waals surface area contributed by atoms with Gasteiger partial charge in [-0.1, -0.05) is 30.3 Å². The Bertz CT molecular complexity index is 2500. The molecule has 6 atom stereocenters. The molecule has 0 aliphatic carbocycles. The molecule has 1 fully saturated rings. The number of nitrogens with two attached hydrogens (primary N) is 6. The van der Waals surface area contributed by atoms with Gasteiger partial charge in [0.15, 0.2) is 11.9 Å². The summed E-state index contributed by atoms with van der Waals surface area (Å²) in [5.74, 6) is -6.25. The highest BCUT2D eigenvalue weighted by Gasteiger charge is 2.40. The number of nitrogens with one attached hydrogen (secondary N) is 6. The summed E-state index contributed by atoms with van der Waals surface area (Å²) >= 11 is 2.76. The van der Waals surface area contributed by atoms with E-state index in [1.807, 2.05) is 47.2 Å². The molecule has 1 aliphatic rings. The lowest BCUT2D eigenvalue weighted by molar-refractivity contribution is -0.142. The number of amides is 8. The molecule has 0 spiro atoms. The maximum absolute atomic E-state index is 14.6. The van der Waals surface area contributed by atoms with Crippen molar-refractivity contribution in [2.24, 2.45) is 44.4 Å². The van der Waals surface area contributed by atoms with Crippen LogP contribution in [0.5, 0.6) is 0 Å². The molecule has 70 heavy (non-hydrogen) atoms. The van der Waals surface area contributed by atoms with E-state index in [4.69, 9.17) is 34.4 Å². The Morgan fingerprint density at radius 3 is 1.87 bits per heavy atom. The van der Waals surface area contributed by atoms with Gasteiger partial charge in [0.05, 0.1) is 12.8 Å². The fourth-order valence-corrected chi connectivity index (χ4v) is 9.39. The maximum atomic E-state index is 14.6. The fraction of sp³-hybridized carbons (Fsp3) is 0.422. The van der Waals surface area contributed by atoms with Gasteiger partial charge >= 0.3 is 0 Å². The van der Waals surface area contributed by atoms with Crippen LogP contribution >= 0.6 is 22.7 Å². The zero-order chi connectivity index (χ0) is 50.7. The van der Waals surface area contributed by atoms with Gasteiger partial charge < -0.3 is 70.9 Å². The van der Waals surface area contributed by atoms with E-state index in [0.29, 0.717) is 6.42 Å². The van der Waals surface area contributed by atoms with Crippen LogP contribution in [0.25, 0.3) is 10.9 Å². The number of primary amides is 2. The largest absolute Gasteiger partial charge is 0.370 e. The highest BCUT2D eigenvalue weighted by Crippen LogP contribution is 2.22. The van der Waals surface area contributed by atoms with E-state index in [1.165, 1.54) is 27.6 Å². The van der Waals surface area contributed by atoms with Gasteiger partial charge in [0.2, 0.25) is 47.3 Å². The first-order chi connectivity index (χ1) is 33.5. The first kappa shape index (κ1) is 53.4. The number of fused-ring (bicyclic) bond motifs is 1. The van der Waals surface area contributed by atoms with Crippen molar-refractivity contribution < 1.29 is 38.4 Å². The van der Waals surface area contributed by atoms with Gasteiger partial charge in [-0.3, -0.25) is 48.3 Å². The Kier molecular flexibility index (Phi) is 20.1. The number of aliphatic imine (C=N–C) groups is 2. The highest BCUT2D eigenvalue weighted by atomic mass is 32.1. The summed E-state index contributed by atoms with van der Waals surface area (Å²) in [5, 5.41) is 18.1. The first-order valence-electron chi connectivity index (χ1n) is 22.6. The van der Waals surface area contributed by atoms with Crippen molar-refractivity contribution in [2.75, 3.05) is 19.6 Å². The van der Waals surface area contributed by atoms with Gasteiger partial charge in [0, 0.05) is 59.3 Å². The maximum Gasteiger partial charge on any atom is 0.245 e. The van der Waals surface area contributed by atoms with Gasteiger partial charge in [-0.05, 0) is 73.0 Å². The molecule has 18 N–H and O–H groups in total. The summed E-state index contributed by atoms with van der Waals surface area (Å²) in [6, 6.07) is 7.28. The summed E-state index contributed by atoms with van der Waals surface area (Å²) in [7, 11) is 0. The molecule has 0 saturated carbocycles. The number of aromatic nitrogens is 1. The van der Waals surface area contributed by atoms with Gasteiger partial charge in [-0.15, -0.1) is 22.7 Å². The molecule has 3 aromatic heterocycles. The predicted octanol–water partition coefficient (Wildman–Crippen LogP) is -1.80. The third-order valence-electron chi connectivity index (χ3n) is 11.3. The zero-order valence-corrected chi connectivity index (χ0v) is 40.0. The Hall–Kier alpha value is -7.54. The summed E-state index contributed by atoms with van der Waals surface area (Å²) in [4.78, 5) is 122. The minimum absolute atomic E-state index is 0.0119. The summed E-state index contributed by atoms with van der Waals surface area (Å²) < 4.78 is 0. The number of benzene rings is 1. The van der Waals surface area contributed by atoms with Crippen LogP contribution in [-0.4, -0.2) is 125 Å². The molecule has 4 aromatic rings. The Labute approximate surface area is 411 Å². The molecular formula is C45H61N15O8S2. The molecule has 0 bridgehead atoms. The second-order valence-corrected chi connectivity index (χ2v) is 18.7. The Morgan fingerprint density at radius 1 is 0.671 bits per heavy atom. The van der Waals surface area contributed by atoms with E-state index in [0.717, 1.165) is 26.2 Å². The topological polar surface area (TPSA) is 397 Å². The molecule has 5 rings (SSSR count). The number of carbonyl (C=O) groups is 8. The summed E-state index contributed by atoms with van der Waals surface area (Å²) in [6.45, 7) is 0.290. The number of aromatic amines is 1. The van der Waals surface area contributed by atoms with Crippen molar-refractivity contribution in [1.29, 1.82) is 0 Å². The van der Waals surface area contributed by atoms with Crippen LogP contribution in [0.1, 0.15) is 60.3 Å². The number of thiophene rings is 2. The highest BCUT2D eigenvalue weighted by molar-refractivity contribution is 7.10. The second-order valence-electron chi connectivity index (χ2n) is 16.6. The third kappa shape index (κ3) is 16.3. The van der Waals surface area contributed by atoms with Crippen LogP contribution < -0.4 is 61.0 Å². The molecule has 25 heteroatoms. The number of guanidine groups is 2. The number of hydrogen-bond donors (Lipinski definition) is 12. The van der Waals surface area contributed by atoms with E-state index in [1.54, 1.807) is 18.3 Å². The van der Waals surface area contributed by atoms with E-state index in [2.05, 4.69) is 41.6 Å². The fourth-order valence-electron chi connectivity index (χ4n) is 7.93. The summed E-state index contributed by atoms with van der Waals surface area (Å²) in [6.07, 6.45) is 2.30. The van der Waals surface area contributed by atoms with Crippen molar-refractivity contribution in [2.45, 2.75) is 100 Å². The average molecular weight is 1000 g/mol. The molecular weight excluding hydrogens is 943 g/mol. The second kappa shape index (κ2) is 26.3. The molecule has 1 aliphatic heterocycles. The first-order valence-corrected chi connectivity index (χ1v) is 24.3. The van der Waals surface area contributed by atoms with Crippen LogP contribution in [0.2, 0.25) is 0 Å². The van der Waals surface area contributed by atoms with Crippen molar-refractivity contribution in [3.8, 4) is 0 Å². The van der Waals surface area contributed by atoms with Crippen LogP contribution in [0.15, 0.2) is 75.5 Å². The number of likely N-dealkylation sites (tertiary alicyclic amines) is 1. The lowest BCUT2D eigenvalue weighted by Gasteiger charge is -2.31. The number of carbonyl (C=O) groups excluding carboxylic acids is 8. The van der Waals surface area contributed by atoms with Crippen LogP contribution in [0, 0.1) is 0 Å². The van der Waals surface area contributed by atoms with Gasteiger partial charge in [-0.2, -0.15) is 0 Å². The number of H-pyrrole nitrogens is 1. The minimum Gasteiger partial charge on any atom is -0.370 e. The number of rotatable bonds is 27. The Balaban J connectivity index is 1.38. The van der Waals surface area contributed by atoms with E-state index in [9.17, 15) is 38.4 Å². The molecule has 4 heterocycles. The summed E-state index contributed by atoms with van der Waals surface area (Å²) in [5.41, 5.74) is 34.3. The SMILES string of the molecule is NC(=O)C[C@H](NC(=O)[C@H](CCCN=C(N)N)NC(=O)[C@@H]1CCCN1C(=O)[C@H](CCCN=C(N)N)NC(=O)[C@H](Cc1cccs1)NC(=O)[C@H](Cc1c[nH]c2ccccc12)NC(=O)Cc1cccs1)C(N)=O. The monoisotopic (exact) mass is 1000 g/mol. The van der Waals surface area contributed by atoms with E-state index < -0.39 is 89.9 Å². The van der Waals surface area contributed by atoms with E-state index >= 15 is 0 Å². The van der Waals surface area contributed by atoms with Gasteiger partial charge in [0.1, 0.15) is 36.3 Å². The van der Waals surface area contributed by atoms with Crippen LogP contribution in [0.3, 0.4) is 0 Å². The molecule has 8 amide bonds. The molecule has 23 nitrogen and oxygen atoms in total. The standard InChI is InChI=1S/C45H61N15O8S2/c46-36(61)23-32(38(47)63)58-39(64)30(12-3-15-52-44(48)49)56-42(67)35-14-5-17-60(35)43(68)31(13-4-16-53-45(50)51)57-41(66)34(21-26-8-6-18-69-26)59-40(65)33(55-37(62)22-27-9-7-19-70-27)20-25-24-54-29-11-2-1-10-28(25)29/h1-2,6-11,18-19,24,30-35,54H,3-5,12-17,20-23H2,(H2,46,61)(H2,47,63)(H,55,62)(H,56,67)(H,57,66)(H,58,64)(H,59,65)(H4,48,49,52)(H4,50,51,53)/t30-,31-,32-,33-,34-,35-/m0/s1. The number of nitrogens with zero attached hydrogens (tertiary/aromatic N) is 3. The smallest absolute Gasteiger partial charge is 0.245 e. The number of hydrogen-bond acceptors (Lipinski definition) is 12. The van der Waals surface area contributed by atoms with Gasteiger partial charge in [0.25, 0.3) is 0 Å². The molecule has 1 saturated heterocycles. The average Bonchev–Trinajstić information content (AvgIpc) is 4.17. The zero-order valence-electron chi connectivity index (χ0n) is 38.4. The molecule has 0 unspecified atom stereocenters. The van der Waals surface area contributed by atoms with Crippen LogP contribution in [0.4, 0.5) is 0 Å². The third-order valence-corrected chi connectivity index (χ3v) is 13.1. The van der Waals surface area contributed by atoms with Crippen molar-refractivity contribution in [3.63, 3.8) is 0 Å². The van der Waals surface area contributed by atoms with Crippen molar-refractivity contribution in [1.82, 2.24) is 36.5 Å². The lowest BCUT2D eigenvalue weighted by Crippen LogP contribution is -2.60. The quantitative estimate of drug-likeness (QED) is 0.0179. The normalized spacial score (nSPS) is 15.3. The molecule has 0 radical (unpaired) electrons. The molecule has 376 valence electrons. The van der Waals surface area contributed by atoms with Crippen LogP contribution in [-0.2, 0) is 57.6 Å². The van der Waals surface area contributed by atoms with Gasteiger partial charge in [-0.25, -0.2) is 0 Å². The van der Waals surface area contributed by atoms with Crippen molar-refractivity contribution in [3.05, 3.63) is 80.8 Å². The predicted molar refractivity (Wildman–Crippen MR) is 265 cm³/mol. The number of para-hydroxylation sites is 1. The lowest BCUT2D eigenvalue weighted by atomic mass is 10.0.